The molecule has 1 aromatic rings. The summed E-state index contributed by atoms with van der Waals surface area (Å²) in [6.07, 6.45) is 0.468. The molecule has 1 saturated heterocycles. The van der Waals surface area contributed by atoms with Crippen molar-refractivity contribution < 1.29 is 9.47 Å². The highest BCUT2D eigenvalue weighted by atomic mass is 16.6. The zero-order valence-electron chi connectivity index (χ0n) is 13.0. The van der Waals surface area contributed by atoms with Crippen molar-refractivity contribution in [3.63, 3.8) is 0 Å². The quantitative estimate of drug-likeness (QED) is 0.796. The predicted molar refractivity (Wildman–Crippen MR) is 80.9 cm³/mol. The van der Waals surface area contributed by atoms with Crippen LogP contribution in [0, 0.1) is 4.91 Å². The largest absolute Gasteiger partial charge is 0.376 e. The number of amidine groups is 1. The van der Waals surface area contributed by atoms with Gasteiger partial charge in [0.2, 0.25) is 0 Å². The molecule has 3 heterocycles. The maximum absolute atomic E-state index is 11.3. The standard InChI is InChI=1S/C13H20N6O3/c1-6-10(21-4)8(18-20)13(22-6)19-5-15-9-11(14-3)16-7(2)17-12(9)19/h5-8,10,13,17H,1-4H3,(H,14,16)/t6-,7?,8?,10?,13?/m1/s1. The maximum Gasteiger partial charge on any atom is 0.165 e. The van der Waals surface area contributed by atoms with Gasteiger partial charge in [0, 0.05) is 14.2 Å². The summed E-state index contributed by atoms with van der Waals surface area (Å²) in [6.45, 7) is 3.84. The Kier molecular flexibility index (Phi) is 3.83. The molecule has 120 valence electrons. The van der Waals surface area contributed by atoms with E-state index in [1.807, 2.05) is 13.8 Å². The van der Waals surface area contributed by atoms with Crippen LogP contribution >= 0.6 is 0 Å². The number of rotatable bonds is 3. The summed E-state index contributed by atoms with van der Waals surface area (Å²) in [5.41, 5.74) is 0.697. The summed E-state index contributed by atoms with van der Waals surface area (Å²) >= 11 is 0. The van der Waals surface area contributed by atoms with Gasteiger partial charge in [-0.1, -0.05) is 5.18 Å². The molecule has 0 radical (unpaired) electrons. The maximum atomic E-state index is 11.3. The van der Waals surface area contributed by atoms with Crippen LogP contribution in [0.2, 0.25) is 0 Å². The van der Waals surface area contributed by atoms with E-state index in [0.29, 0.717) is 11.5 Å². The molecule has 0 bridgehead atoms. The van der Waals surface area contributed by atoms with Crippen LogP contribution in [0.25, 0.3) is 0 Å². The SMILES string of the molecule is CN=C1NC(C)Nc2c1ncn2C1O[C@H](C)C(OC)C1N=O. The van der Waals surface area contributed by atoms with Crippen LogP contribution in [0.5, 0.6) is 0 Å². The third-order valence-electron chi connectivity index (χ3n) is 4.06. The molecular formula is C13H20N6O3. The first-order valence-corrected chi connectivity index (χ1v) is 7.18. The van der Waals surface area contributed by atoms with Gasteiger partial charge in [-0.25, -0.2) is 4.98 Å². The van der Waals surface area contributed by atoms with Gasteiger partial charge in [0.15, 0.2) is 18.1 Å². The lowest BCUT2D eigenvalue weighted by Crippen LogP contribution is -2.44. The van der Waals surface area contributed by atoms with Crippen LogP contribution < -0.4 is 10.6 Å². The molecule has 3 rings (SSSR count). The molecule has 0 aromatic carbocycles. The predicted octanol–water partition coefficient (Wildman–Crippen LogP) is 0.688. The Morgan fingerprint density at radius 2 is 2.18 bits per heavy atom. The Balaban J connectivity index is 2.00. The number of aromatic nitrogens is 2. The second kappa shape index (κ2) is 5.65. The van der Waals surface area contributed by atoms with Crippen molar-refractivity contribution in [2.75, 3.05) is 19.5 Å². The lowest BCUT2D eigenvalue weighted by Gasteiger charge is -2.27. The van der Waals surface area contributed by atoms with Gasteiger partial charge >= 0.3 is 0 Å². The Hall–Kier alpha value is -2.00. The van der Waals surface area contributed by atoms with Gasteiger partial charge in [0.05, 0.1) is 18.6 Å². The molecule has 0 aliphatic carbocycles. The average Bonchev–Trinajstić information content (AvgIpc) is 3.06. The fraction of sp³-hybridized carbons (Fsp3) is 0.692. The number of fused-ring (bicyclic) bond motifs is 1. The van der Waals surface area contributed by atoms with E-state index in [1.54, 1.807) is 25.1 Å². The van der Waals surface area contributed by atoms with E-state index in [4.69, 9.17) is 9.47 Å². The van der Waals surface area contributed by atoms with Crippen molar-refractivity contribution in [1.29, 1.82) is 0 Å². The topological polar surface area (TPSA) is 102 Å². The molecule has 1 fully saturated rings. The van der Waals surface area contributed by atoms with E-state index in [2.05, 4.69) is 25.8 Å². The summed E-state index contributed by atoms with van der Waals surface area (Å²) in [5, 5.41) is 9.69. The zero-order valence-corrected chi connectivity index (χ0v) is 13.0. The molecular weight excluding hydrogens is 288 g/mol. The molecule has 9 heteroatoms. The third-order valence-corrected chi connectivity index (χ3v) is 4.06. The molecule has 2 aliphatic rings. The van der Waals surface area contributed by atoms with Gasteiger partial charge in [0.25, 0.3) is 0 Å². The third kappa shape index (κ3) is 2.17. The van der Waals surface area contributed by atoms with Crippen LogP contribution in [0.4, 0.5) is 5.82 Å². The fourth-order valence-corrected chi connectivity index (χ4v) is 3.05. The van der Waals surface area contributed by atoms with Crippen LogP contribution in [-0.2, 0) is 9.47 Å². The molecule has 0 saturated carbocycles. The molecule has 2 aliphatic heterocycles. The van der Waals surface area contributed by atoms with Crippen LogP contribution in [0.3, 0.4) is 0 Å². The average molecular weight is 308 g/mol. The minimum atomic E-state index is -0.632. The summed E-state index contributed by atoms with van der Waals surface area (Å²) in [7, 11) is 3.26. The number of nitrogens with one attached hydrogen (secondary N) is 2. The number of anilines is 1. The van der Waals surface area contributed by atoms with Crippen molar-refractivity contribution in [3.8, 4) is 0 Å². The zero-order chi connectivity index (χ0) is 15.9. The summed E-state index contributed by atoms with van der Waals surface area (Å²) in [4.78, 5) is 19.9. The number of imidazole rings is 1. The second-order valence-corrected chi connectivity index (χ2v) is 5.46. The Labute approximate surface area is 128 Å². The highest BCUT2D eigenvalue weighted by Crippen LogP contribution is 2.36. The molecule has 0 spiro atoms. The van der Waals surface area contributed by atoms with Gasteiger partial charge in [-0.15, -0.1) is 0 Å². The van der Waals surface area contributed by atoms with Crippen molar-refractivity contribution in [2.45, 2.75) is 44.5 Å². The second-order valence-electron chi connectivity index (χ2n) is 5.46. The summed E-state index contributed by atoms with van der Waals surface area (Å²) in [5.74, 6) is 1.46. The van der Waals surface area contributed by atoms with Crippen molar-refractivity contribution in [1.82, 2.24) is 14.9 Å². The monoisotopic (exact) mass is 308 g/mol. The van der Waals surface area contributed by atoms with Gasteiger partial charge in [0.1, 0.15) is 17.6 Å². The van der Waals surface area contributed by atoms with Crippen molar-refractivity contribution in [3.05, 3.63) is 16.9 Å². The molecule has 4 unspecified atom stereocenters. The first kappa shape index (κ1) is 14.9. The smallest absolute Gasteiger partial charge is 0.165 e. The number of nitroso groups, excluding NO2 is 1. The highest BCUT2D eigenvalue weighted by Gasteiger charge is 2.46. The Bertz CT molecular complexity index is 601. The van der Waals surface area contributed by atoms with Gasteiger partial charge in [-0.3, -0.25) is 9.56 Å². The molecule has 5 atom stereocenters. The fourth-order valence-electron chi connectivity index (χ4n) is 3.05. The highest BCUT2D eigenvalue weighted by molar-refractivity contribution is 6.02. The summed E-state index contributed by atoms with van der Waals surface area (Å²) in [6, 6.07) is -0.632. The van der Waals surface area contributed by atoms with E-state index in [9.17, 15) is 4.91 Å². The number of hydrogen-bond acceptors (Lipinski definition) is 7. The number of methoxy groups -OCH3 is 1. The van der Waals surface area contributed by atoms with Crippen LogP contribution in [-0.4, -0.2) is 54.0 Å². The van der Waals surface area contributed by atoms with E-state index < -0.39 is 12.3 Å². The summed E-state index contributed by atoms with van der Waals surface area (Å²) < 4.78 is 13.0. The minimum absolute atomic E-state index is 0.0126. The molecule has 2 N–H and O–H groups in total. The number of aliphatic imine (C=N–C) groups is 1. The van der Waals surface area contributed by atoms with Crippen molar-refractivity contribution in [2.24, 2.45) is 10.2 Å². The minimum Gasteiger partial charge on any atom is -0.376 e. The van der Waals surface area contributed by atoms with E-state index in [1.165, 1.54) is 0 Å². The molecule has 22 heavy (non-hydrogen) atoms. The van der Waals surface area contributed by atoms with Gasteiger partial charge < -0.3 is 20.1 Å². The number of hydrogen-bond donors (Lipinski definition) is 2. The Morgan fingerprint density at radius 1 is 1.41 bits per heavy atom. The van der Waals surface area contributed by atoms with Crippen LogP contribution in [0.1, 0.15) is 25.8 Å². The number of nitrogens with zero attached hydrogens (tertiary/aromatic N) is 4. The van der Waals surface area contributed by atoms with E-state index in [0.717, 1.165) is 5.82 Å². The van der Waals surface area contributed by atoms with E-state index >= 15 is 0 Å². The van der Waals surface area contributed by atoms with Crippen molar-refractivity contribution >= 4 is 11.7 Å². The van der Waals surface area contributed by atoms with Gasteiger partial charge in [-0.05, 0) is 13.8 Å². The first-order chi connectivity index (χ1) is 10.6. The Morgan fingerprint density at radius 3 is 2.82 bits per heavy atom. The lowest BCUT2D eigenvalue weighted by molar-refractivity contribution is -0.0164. The molecule has 0 amide bonds. The lowest BCUT2D eigenvalue weighted by atomic mass is 10.1. The first-order valence-electron chi connectivity index (χ1n) is 7.18. The van der Waals surface area contributed by atoms with Crippen LogP contribution in [0.15, 0.2) is 16.5 Å². The molecule has 9 nitrogen and oxygen atoms in total. The normalized spacial score (nSPS) is 35.8. The van der Waals surface area contributed by atoms with E-state index in [-0.39, 0.29) is 18.4 Å². The molecule has 1 aromatic heterocycles. The van der Waals surface area contributed by atoms with Gasteiger partial charge in [-0.2, -0.15) is 4.91 Å². The number of ether oxygens (including phenoxy) is 2.